The molecule has 1 N–H and O–H groups in total. The average Bonchev–Trinajstić information content (AvgIpc) is 2.18. The molecular weight excluding hydrogens is 240 g/mol. The van der Waals surface area contributed by atoms with Gasteiger partial charge in [-0.15, -0.1) is 11.8 Å². The van der Waals surface area contributed by atoms with Gasteiger partial charge in [-0.2, -0.15) is 0 Å². The molecule has 0 amide bonds. The molecule has 74 valence electrons. The maximum absolute atomic E-state index is 9.83. The minimum Gasteiger partial charge on any atom is -0.387 e. The fourth-order valence-corrected chi connectivity index (χ4v) is 1.68. The molecule has 1 nitrogen and oxygen atoms in total. The molecule has 0 fully saturated rings. The summed E-state index contributed by atoms with van der Waals surface area (Å²) in [5.74, 6) is 5.66. The summed E-state index contributed by atoms with van der Waals surface area (Å²) >= 11 is 3.44. The summed E-state index contributed by atoms with van der Waals surface area (Å²) in [5, 5.41) is 9.83. The molecule has 1 rings (SSSR count). The van der Waals surface area contributed by atoms with Crippen molar-refractivity contribution in [3.05, 3.63) is 33.8 Å². The third-order valence-corrected chi connectivity index (χ3v) is 3.00. The molecule has 0 radical (unpaired) electrons. The molecule has 0 spiro atoms. The molecule has 0 aromatic heterocycles. The van der Waals surface area contributed by atoms with Gasteiger partial charge in [0.2, 0.25) is 0 Å². The SMILES string of the molecule is CC#CCC(O)c1cccc(Br)c1C. The Bertz CT molecular complexity index is 374. The van der Waals surface area contributed by atoms with Crippen molar-refractivity contribution in [1.82, 2.24) is 0 Å². The Labute approximate surface area is 93.3 Å². The first-order valence-electron chi connectivity index (χ1n) is 4.49. The number of hydrogen-bond donors (Lipinski definition) is 1. The van der Waals surface area contributed by atoms with Gasteiger partial charge in [-0.3, -0.25) is 0 Å². The summed E-state index contributed by atoms with van der Waals surface area (Å²) in [6, 6.07) is 5.83. The molecule has 1 aromatic rings. The van der Waals surface area contributed by atoms with Crippen molar-refractivity contribution in [3.8, 4) is 11.8 Å². The van der Waals surface area contributed by atoms with E-state index in [1.807, 2.05) is 25.1 Å². The van der Waals surface area contributed by atoms with Gasteiger partial charge in [0.1, 0.15) is 0 Å². The zero-order valence-corrected chi connectivity index (χ0v) is 9.93. The smallest absolute Gasteiger partial charge is 0.0902 e. The summed E-state index contributed by atoms with van der Waals surface area (Å²) in [7, 11) is 0. The highest BCUT2D eigenvalue weighted by atomic mass is 79.9. The summed E-state index contributed by atoms with van der Waals surface area (Å²) in [6.45, 7) is 3.77. The maximum atomic E-state index is 9.83. The Hall–Kier alpha value is -0.780. The van der Waals surface area contributed by atoms with Crippen LogP contribution in [0, 0.1) is 18.8 Å². The van der Waals surface area contributed by atoms with Crippen LogP contribution in [0.4, 0.5) is 0 Å². The zero-order chi connectivity index (χ0) is 10.6. The van der Waals surface area contributed by atoms with E-state index in [9.17, 15) is 5.11 Å². The molecule has 0 saturated heterocycles. The van der Waals surface area contributed by atoms with Gasteiger partial charge in [-0.1, -0.05) is 28.1 Å². The van der Waals surface area contributed by atoms with Crippen LogP contribution in [0.3, 0.4) is 0 Å². The Morgan fingerprint density at radius 3 is 2.86 bits per heavy atom. The van der Waals surface area contributed by atoms with E-state index in [2.05, 4.69) is 27.8 Å². The number of halogens is 1. The molecule has 1 atom stereocenters. The minimum absolute atomic E-state index is 0.486. The molecular formula is C12H13BrO. The predicted octanol–water partition coefficient (Wildman–Crippen LogP) is 3.20. The van der Waals surface area contributed by atoms with E-state index in [1.165, 1.54) is 0 Å². The van der Waals surface area contributed by atoms with Crippen LogP contribution in [0.1, 0.15) is 30.6 Å². The lowest BCUT2D eigenvalue weighted by atomic mass is 10.0. The third kappa shape index (κ3) is 2.60. The molecule has 2 heteroatoms. The van der Waals surface area contributed by atoms with E-state index in [-0.39, 0.29) is 0 Å². The number of benzene rings is 1. The number of rotatable bonds is 2. The van der Waals surface area contributed by atoms with Crippen LogP contribution >= 0.6 is 15.9 Å². The molecule has 14 heavy (non-hydrogen) atoms. The normalized spacial score (nSPS) is 11.7. The monoisotopic (exact) mass is 252 g/mol. The van der Waals surface area contributed by atoms with E-state index in [4.69, 9.17) is 0 Å². The molecule has 0 heterocycles. The van der Waals surface area contributed by atoms with Crippen LogP contribution in [-0.2, 0) is 0 Å². The lowest BCUT2D eigenvalue weighted by Gasteiger charge is -2.11. The van der Waals surface area contributed by atoms with Crippen LogP contribution < -0.4 is 0 Å². The summed E-state index contributed by atoms with van der Waals surface area (Å²) < 4.78 is 1.03. The molecule has 0 aliphatic carbocycles. The summed E-state index contributed by atoms with van der Waals surface area (Å²) in [4.78, 5) is 0. The van der Waals surface area contributed by atoms with Crippen molar-refractivity contribution < 1.29 is 5.11 Å². The summed E-state index contributed by atoms with van der Waals surface area (Å²) in [5.41, 5.74) is 2.03. The zero-order valence-electron chi connectivity index (χ0n) is 8.34. The van der Waals surface area contributed by atoms with Crippen LogP contribution in [0.5, 0.6) is 0 Å². The lowest BCUT2D eigenvalue weighted by Crippen LogP contribution is -1.99. The first-order valence-corrected chi connectivity index (χ1v) is 5.28. The Kier molecular flexibility index (Phi) is 4.19. The highest BCUT2D eigenvalue weighted by Gasteiger charge is 2.09. The van der Waals surface area contributed by atoms with Crippen molar-refractivity contribution >= 4 is 15.9 Å². The number of aliphatic hydroxyl groups is 1. The van der Waals surface area contributed by atoms with Crippen molar-refractivity contribution in [1.29, 1.82) is 0 Å². The van der Waals surface area contributed by atoms with Crippen molar-refractivity contribution in [3.63, 3.8) is 0 Å². The maximum Gasteiger partial charge on any atom is 0.0902 e. The molecule has 1 unspecified atom stereocenters. The van der Waals surface area contributed by atoms with Gasteiger partial charge in [0.25, 0.3) is 0 Å². The Balaban J connectivity index is 2.93. The largest absolute Gasteiger partial charge is 0.387 e. The topological polar surface area (TPSA) is 20.2 Å². The molecule has 0 aliphatic heterocycles. The third-order valence-electron chi connectivity index (χ3n) is 2.14. The molecule has 0 bridgehead atoms. The van der Waals surface area contributed by atoms with Gasteiger partial charge < -0.3 is 5.11 Å². The second-order valence-corrected chi connectivity index (χ2v) is 3.96. The van der Waals surface area contributed by atoms with Crippen molar-refractivity contribution in [2.24, 2.45) is 0 Å². The van der Waals surface area contributed by atoms with Crippen LogP contribution in [0.25, 0.3) is 0 Å². The standard InChI is InChI=1S/C12H13BrO/c1-3-4-8-12(14)10-6-5-7-11(13)9(10)2/h5-7,12,14H,8H2,1-2H3. The van der Waals surface area contributed by atoms with Gasteiger partial charge in [-0.05, 0) is 31.0 Å². The van der Waals surface area contributed by atoms with Crippen LogP contribution in [0.15, 0.2) is 22.7 Å². The Morgan fingerprint density at radius 1 is 1.50 bits per heavy atom. The van der Waals surface area contributed by atoms with E-state index < -0.39 is 6.10 Å². The quantitative estimate of drug-likeness (QED) is 0.802. The first-order chi connectivity index (χ1) is 6.66. The highest BCUT2D eigenvalue weighted by molar-refractivity contribution is 9.10. The van der Waals surface area contributed by atoms with E-state index in [1.54, 1.807) is 6.92 Å². The van der Waals surface area contributed by atoms with E-state index in [0.29, 0.717) is 6.42 Å². The predicted molar refractivity (Wildman–Crippen MR) is 61.9 cm³/mol. The second kappa shape index (κ2) is 5.19. The number of aliphatic hydroxyl groups excluding tert-OH is 1. The van der Waals surface area contributed by atoms with Crippen molar-refractivity contribution in [2.75, 3.05) is 0 Å². The Morgan fingerprint density at radius 2 is 2.21 bits per heavy atom. The van der Waals surface area contributed by atoms with E-state index >= 15 is 0 Å². The van der Waals surface area contributed by atoms with Gasteiger partial charge in [-0.25, -0.2) is 0 Å². The van der Waals surface area contributed by atoms with Gasteiger partial charge in [0.15, 0.2) is 0 Å². The van der Waals surface area contributed by atoms with Gasteiger partial charge >= 0.3 is 0 Å². The molecule has 0 saturated carbocycles. The molecule has 1 aromatic carbocycles. The van der Waals surface area contributed by atoms with E-state index in [0.717, 1.165) is 15.6 Å². The van der Waals surface area contributed by atoms with Crippen molar-refractivity contribution in [2.45, 2.75) is 26.4 Å². The fraction of sp³-hybridized carbons (Fsp3) is 0.333. The fourth-order valence-electron chi connectivity index (χ4n) is 1.29. The summed E-state index contributed by atoms with van der Waals surface area (Å²) in [6.07, 6.45) is 0.00769. The first kappa shape index (κ1) is 11.3. The number of hydrogen-bond acceptors (Lipinski definition) is 1. The van der Waals surface area contributed by atoms with Crippen LogP contribution in [0.2, 0.25) is 0 Å². The highest BCUT2D eigenvalue weighted by Crippen LogP contribution is 2.25. The van der Waals surface area contributed by atoms with Crippen LogP contribution in [-0.4, -0.2) is 5.11 Å². The van der Waals surface area contributed by atoms with Gasteiger partial charge in [0.05, 0.1) is 6.10 Å². The lowest BCUT2D eigenvalue weighted by molar-refractivity contribution is 0.183. The molecule has 0 aliphatic rings. The minimum atomic E-state index is -0.486. The average molecular weight is 253 g/mol. The van der Waals surface area contributed by atoms with Gasteiger partial charge in [0, 0.05) is 10.9 Å². The second-order valence-electron chi connectivity index (χ2n) is 3.10.